The highest BCUT2D eigenvalue weighted by molar-refractivity contribution is 5.21. The number of hydrogen-bond donors (Lipinski definition) is 2. The van der Waals surface area contributed by atoms with Crippen LogP contribution in [0.2, 0.25) is 0 Å². The van der Waals surface area contributed by atoms with Gasteiger partial charge in [0.05, 0.1) is 6.61 Å². The first-order valence-corrected chi connectivity index (χ1v) is 4.65. The molecule has 1 aromatic carbocycles. The second kappa shape index (κ2) is 5.21. The fraction of sp³-hybridized carbons (Fsp3) is 0.364. The fourth-order valence-corrected chi connectivity index (χ4v) is 1.12. The van der Waals surface area contributed by atoms with Gasteiger partial charge in [-0.25, -0.2) is 4.39 Å². The fourth-order valence-electron chi connectivity index (χ4n) is 1.12. The van der Waals surface area contributed by atoms with Gasteiger partial charge < -0.3 is 14.9 Å². The third-order valence-corrected chi connectivity index (χ3v) is 1.92. The molecule has 1 aromatic rings. The highest BCUT2D eigenvalue weighted by atomic mass is 19.1. The molecular formula is C11H14FO3. The summed E-state index contributed by atoms with van der Waals surface area (Å²) in [6.45, 7) is 3.57. The van der Waals surface area contributed by atoms with Gasteiger partial charge in [0.25, 0.3) is 0 Å². The first kappa shape index (κ1) is 12.1. The van der Waals surface area contributed by atoms with E-state index in [9.17, 15) is 9.50 Å². The lowest BCUT2D eigenvalue weighted by molar-refractivity contribution is -0.179. The summed E-state index contributed by atoms with van der Waals surface area (Å²) >= 11 is 0. The van der Waals surface area contributed by atoms with E-state index < -0.39 is 11.6 Å². The van der Waals surface area contributed by atoms with Crippen molar-refractivity contribution in [1.82, 2.24) is 0 Å². The molecule has 0 spiro atoms. The molecule has 0 aliphatic rings. The molecule has 1 unspecified atom stereocenters. The van der Waals surface area contributed by atoms with E-state index in [4.69, 9.17) is 9.84 Å². The topological polar surface area (TPSA) is 49.7 Å². The Kier molecular flexibility index (Phi) is 4.20. The van der Waals surface area contributed by atoms with Crippen LogP contribution in [-0.2, 0) is 10.5 Å². The average molecular weight is 213 g/mol. The van der Waals surface area contributed by atoms with Crippen molar-refractivity contribution in [1.29, 1.82) is 0 Å². The van der Waals surface area contributed by atoms with Crippen LogP contribution in [0.15, 0.2) is 24.3 Å². The Morgan fingerprint density at radius 2 is 2.20 bits per heavy atom. The van der Waals surface area contributed by atoms with Crippen molar-refractivity contribution >= 4 is 0 Å². The molecule has 0 saturated heterocycles. The van der Waals surface area contributed by atoms with Crippen LogP contribution < -0.4 is 0 Å². The Balaban J connectivity index is 2.67. The quantitative estimate of drug-likeness (QED) is 0.571. The van der Waals surface area contributed by atoms with Crippen LogP contribution in [-0.4, -0.2) is 23.4 Å². The zero-order valence-electron chi connectivity index (χ0n) is 8.32. The van der Waals surface area contributed by atoms with Crippen molar-refractivity contribution in [3.05, 3.63) is 42.6 Å². The van der Waals surface area contributed by atoms with Crippen LogP contribution in [0.3, 0.4) is 0 Å². The molecule has 4 heteroatoms. The van der Waals surface area contributed by atoms with Gasteiger partial charge in [0.15, 0.2) is 5.79 Å². The molecule has 0 aliphatic carbocycles. The van der Waals surface area contributed by atoms with Crippen molar-refractivity contribution in [3.63, 3.8) is 0 Å². The maximum absolute atomic E-state index is 12.9. The molecule has 0 bridgehead atoms. The number of ether oxygens (including phenoxy) is 1. The van der Waals surface area contributed by atoms with Crippen LogP contribution in [0.5, 0.6) is 0 Å². The lowest BCUT2D eigenvalue weighted by atomic mass is 10.1. The van der Waals surface area contributed by atoms with Crippen molar-refractivity contribution in [2.24, 2.45) is 0 Å². The van der Waals surface area contributed by atoms with Crippen molar-refractivity contribution in [3.8, 4) is 0 Å². The van der Waals surface area contributed by atoms with E-state index in [1.54, 1.807) is 0 Å². The molecule has 0 amide bonds. The number of hydrogen-bond acceptors (Lipinski definition) is 3. The predicted octanol–water partition coefficient (Wildman–Crippen LogP) is 1.20. The number of aliphatic hydroxyl groups excluding tert-OH is 1. The highest BCUT2D eigenvalue weighted by Crippen LogP contribution is 2.22. The van der Waals surface area contributed by atoms with Gasteiger partial charge in [-0.3, -0.25) is 0 Å². The summed E-state index contributed by atoms with van der Waals surface area (Å²) in [5.41, 5.74) is 0.250. The van der Waals surface area contributed by atoms with Gasteiger partial charge >= 0.3 is 0 Å². The number of benzene rings is 1. The van der Waals surface area contributed by atoms with Gasteiger partial charge in [-0.2, -0.15) is 0 Å². The van der Waals surface area contributed by atoms with Gasteiger partial charge in [-0.1, -0.05) is 12.1 Å². The third kappa shape index (κ3) is 3.58. The van der Waals surface area contributed by atoms with E-state index in [0.29, 0.717) is 6.42 Å². The molecule has 2 N–H and O–H groups in total. The van der Waals surface area contributed by atoms with Crippen LogP contribution >= 0.6 is 0 Å². The lowest BCUT2D eigenvalue weighted by Gasteiger charge is -2.23. The van der Waals surface area contributed by atoms with E-state index in [2.05, 4.69) is 6.92 Å². The zero-order chi connectivity index (χ0) is 11.3. The summed E-state index contributed by atoms with van der Waals surface area (Å²) in [4.78, 5) is 0. The highest BCUT2D eigenvalue weighted by Gasteiger charge is 2.23. The van der Waals surface area contributed by atoms with Crippen LogP contribution in [0.4, 0.5) is 4.39 Å². The Morgan fingerprint density at radius 1 is 1.47 bits per heavy atom. The molecule has 15 heavy (non-hydrogen) atoms. The summed E-state index contributed by atoms with van der Waals surface area (Å²) < 4.78 is 17.9. The van der Waals surface area contributed by atoms with Crippen molar-refractivity contribution in [2.75, 3.05) is 13.2 Å². The Labute approximate surface area is 88.1 Å². The van der Waals surface area contributed by atoms with Crippen LogP contribution in [0.1, 0.15) is 12.0 Å². The summed E-state index contributed by atoms with van der Waals surface area (Å²) in [7, 11) is 0. The zero-order valence-corrected chi connectivity index (χ0v) is 8.32. The number of rotatable bonds is 5. The molecule has 3 nitrogen and oxygen atoms in total. The Hall–Kier alpha value is -0.970. The van der Waals surface area contributed by atoms with Gasteiger partial charge in [-0.15, -0.1) is 0 Å². The predicted molar refractivity (Wildman–Crippen MR) is 53.3 cm³/mol. The lowest BCUT2D eigenvalue weighted by Crippen LogP contribution is -2.26. The SMILES string of the molecule is [CH2]C(O)(OCCCO)c1cccc(F)c1. The maximum Gasteiger partial charge on any atom is 0.192 e. The molecule has 1 atom stereocenters. The number of aliphatic hydroxyl groups is 2. The minimum Gasteiger partial charge on any atom is -0.396 e. The molecule has 83 valence electrons. The second-order valence-corrected chi connectivity index (χ2v) is 3.22. The van der Waals surface area contributed by atoms with Crippen LogP contribution in [0, 0.1) is 12.7 Å². The molecule has 0 aromatic heterocycles. The molecule has 0 fully saturated rings. The third-order valence-electron chi connectivity index (χ3n) is 1.92. The monoisotopic (exact) mass is 213 g/mol. The van der Waals surface area contributed by atoms with Crippen molar-refractivity contribution in [2.45, 2.75) is 12.2 Å². The minimum atomic E-state index is -1.77. The summed E-state index contributed by atoms with van der Waals surface area (Å²) in [6.07, 6.45) is 0.396. The van der Waals surface area contributed by atoms with E-state index in [-0.39, 0.29) is 18.8 Å². The molecular weight excluding hydrogens is 199 g/mol. The van der Waals surface area contributed by atoms with Crippen LogP contribution in [0.25, 0.3) is 0 Å². The normalized spacial score (nSPS) is 14.9. The Bertz CT molecular complexity index is 312. The maximum atomic E-state index is 12.9. The smallest absolute Gasteiger partial charge is 0.192 e. The largest absolute Gasteiger partial charge is 0.396 e. The second-order valence-electron chi connectivity index (χ2n) is 3.22. The minimum absolute atomic E-state index is 0.0285. The summed E-state index contributed by atoms with van der Waals surface area (Å²) in [5.74, 6) is -2.22. The molecule has 0 saturated carbocycles. The van der Waals surface area contributed by atoms with Crippen molar-refractivity contribution < 1.29 is 19.3 Å². The van der Waals surface area contributed by atoms with E-state index in [1.165, 1.54) is 18.2 Å². The van der Waals surface area contributed by atoms with Gasteiger partial charge in [0.1, 0.15) is 5.82 Å². The standard InChI is InChI=1S/C11H14FO3/c1-11(14,15-7-3-6-13)9-4-2-5-10(12)8-9/h2,4-5,8,13-14H,1,3,6-7H2. The molecule has 0 aliphatic heterocycles. The van der Waals surface area contributed by atoms with Gasteiger partial charge in [0.2, 0.25) is 0 Å². The first-order chi connectivity index (χ1) is 7.06. The van der Waals surface area contributed by atoms with E-state index in [1.807, 2.05) is 0 Å². The summed E-state index contributed by atoms with van der Waals surface area (Å²) in [5, 5.41) is 18.3. The van der Waals surface area contributed by atoms with E-state index >= 15 is 0 Å². The molecule has 0 heterocycles. The number of halogens is 1. The Morgan fingerprint density at radius 3 is 2.80 bits per heavy atom. The molecule has 1 rings (SSSR count). The average Bonchev–Trinajstić information content (AvgIpc) is 2.18. The summed E-state index contributed by atoms with van der Waals surface area (Å²) in [6, 6.07) is 5.42. The van der Waals surface area contributed by atoms with Gasteiger partial charge in [0, 0.05) is 19.1 Å². The van der Waals surface area contributed by atoms with E-state index in [0.717, 1.165) is 6.07 Å². The van der Waals surface area contributed by atoms with Gasteiger partial charge in [-0.05, 0) is 18.6 Å². The molecule has 1 radical (unpaired) electrons. The first-order valence-electron chi connectivity index (χ1n) is 4.65.